The van der Waals surface area contributed by atoms with E-state index in [0.29, 0.717) is 0 Å². The zero-order chi connectivity index (χ0) is 17.9. The van der Waals surface area contributed by atoms with Crippen LogP contribution in [0, 0.1) is 0 Å². The van der Waals surface area contributed by atoms with Crippen molar-refractivity contribution in [1.29, 1.82) is 0 Å². The van der Waals surface area contributed by atoms with Crippen LogP contribution in [0.3, 0.4) is 0 Å². The van der Waals surface area contributed by atoms with Crippen LogP contribution in [0.2, 0.25) is 0 Å². The smallest absolute Gasteiger partial charge is 0.0645 e. The van der Waals surface area contributed by atoms with Gasteiger partial charge in [0.05, 0.1) is 17.9 Å². The molecule has 1 aromatic heterocycles. The van der Waals surface area contributed by atoms with E-state index in [0.717, 1.165) is 26.3 Å². The molecule has 0 saturated heterocycles. The number of hydrogen-bond donors (Lipinski definition) is 0. The van der Waals surface area contributed by atoms with Crippen molar-refractivity contribution < 1.29 is 6.85 Å². The topological polar surface area (TPSA) is 4.93 Å². The Morgan fingerprint density at radius 2 is 1.60 bits per heavy atom. The van der Waals surface area contributed by atoms with Gasteiger partial charge >= 0.3 is 0 Å². The van der Waals surface area contributed by atoms with Gasteiger partial charge in [-0.05, 0) is 36.4 Å². The number of para-hydroxylation sites is 2. The first-order valence-electron chi connectivity index (χ1n) is 8.68. The summed E-state index contributed by atoms with van der Waals surface area (Å²) in [5.74, 6) is 0. The summed E-state index contributed by atoms with van der Waals surface area (Å²) in [5.41, 5.74) is 1.76. The van der Waals surface area contributed by atoms with E-state index in [4.69, 9.17) is 6.85 Å². The maximum Gasteiger partial charge on any atom is 0.0645 e. The van der Waals surface area contributed by atoms with Crippen molar-refractivity contribution >= 4 is 37.7 Å². The lowest BCUT2D eigenvalue weighted by Gasteiger charge is -2.07. The van der Waals surface area contributed by atoms with Crippen LogP contribution in [0.1, 0.15) is 6.85 Å². The van der Waals surface area contributed by atoms with Crippen LogP contribution in [0.4, 0.5) is 0 Å². The maximum absolute atomic E-state index is 8.30. The van der Waals surface area contributed by atoms with E-state index >= 15 is 0 Å². The van der Waals surface area contributed by atoms with Crippen molar-refractivity contribution in [2.24, 2.45) is 0 Å². The van der Waals surface area contributed by atoms with Gasteiger partial charge in [0.1, 0.15) is 0 Å². The molecule has 0 spiro atoms. The highest BCUT2D eigenvalue weighted by Gasteiger charge is 2.11. The fraction of sp³-hybridized carbons (Fsp3) is 0. The van der Waals surface area contributed by atoms with Crippen LogP contribution in [0.15, 0.2) is 77.1 Å². The summed E-state index contributed by atoms with van der Waals surface area (Å²) < 4.78 is 43.0. The molecule has 3 aromatic carbocycles. The van der Waals surface area contributed by atoms with Crippen molar-refractivity contribution in [2.45, 2.75) is 0 Å². The standard InChI is InChI=1S/C18H12BrN/c19-13-10-11-18-16(12-13)15-8-4-5-9-17(15)20(18)14-6-2-1-3-7-14/h1-12H/i1D,2D,3D,6D,7D. The molecule has 0 radical (unpaired) electrons. The summed E-state index contributed by atoms with van der Waals surface area (Å²) in [6, 6.07) is 11.9. The number of rotatable bonds is 1. The van der Waals surface area contributed by atoms with Crippen LogP contribution in [-0.2, 0) is 0 Å². The SMILES string of the molecule is [2H]c1c([2H])c([2H])c(-n2c3ccccc3c3cc(Br)ccc32)c([2H])c1[2H]. The fourth-order valence-electron chi connectivity index (χ4n) is 2.54. The average molecular weight is 327 g/mol. The second-order valence-corrected chi connectivity index (χ2v) is 5.40. The van der Waals surface area contributed by atoms with Gasteiger partial charge in [0, 0.05) is 20.9 Å². The first-order chi connectivity index (χ1) is 11.9. The average Bonchev–Trinajstić information content (AvgIpc) is 2.93. The largest absolute Gasteiger partial charge is 0.309 e. The van der Waals surface area contributed by atoms with Crippen LogP contribution < -0.4 is 0 Å². The van der Waals surface area contributed by atoms with Crippen molar-refractivity contribution in [1.82, 2.24) is 4.57 Å². The first-order valence-corrected chi connectivity index (χ1v) is 6.97. The summed E-state index contributed by atoms with van der Waals surface area (Å²) in [6.07, 6.45) is 0. The lowest BCUT2D eigenvalue weighted by atomic mass is 10.2. The number of halogens is 1. The highest BCUT2D eigenvalue weighted by atomic mass is 79.9. The monoisotopic (exact) mass is 326 g/mol. The van der Waals surface area contributed by atoms with Crippen LogP contribution in [0.25, 0.3) is 27.5 Å². The molecule has 1 heterocycles. The third-order valence-corrected chi connectivity index (χ3v) is 3.84. The molecule has 4 rings (SSSR count). The molecule has 0 amide bonds. The van der Waals surface area contributed by atoms with Gasteiger partial charge < -0.3 is 4.57 Å². The van der Waals surface area contributed by atoms with Gasteiger partial charge in [-0.3, -0.25) is 0 Å². The van der Waals surface area contributed by atoms with Crippen molar-refractivity contribution in [3.8, 4) is 5.69 Å². The van der Waals surface area contributed by atoms with Gasteiger partial charge in [0.2, 0.25) is 0 Å². The van der Waals surface area contributed by atoms with Gasteiger partial charge in [0.25, 0.3) is 0 Å². The molecular weight excluding hydrogens is 310 g/mol. The lowest BCUT2D eigenvalue weighted by Crippen LogP contribution is -1.92. The number of fused-ring (bicyclic) bond motifs is 3. The highest BCUT2D eigenvalue weighted by Crippen LogP contribution is 2.33. The lowest BCUT2D eigenvalue weighted by molar-refractivity contribution is 1.18. The summed E-state index contributed by atoms with van der Waals surface area (Å²) in [5, 5.41) is 1.92. The number of hydrogen-bond acceptors (Lipinski definition) is 0. The second kappa shape index (κ2) is 4.50. The molecule has 4 aromatic rings. The molecule has 0 fully saturated rings. The molecule has 0 bridgehead atoms. The molecule has 0 aliphatic carbocycles. The Bertz CT molecular complexity index is 1140. The van der Waals surface area contributed by atoms with E-state index in [1.165, 1.54) is 0 Å². The molecule has 0 atom stereocenters. The molecule has 0 aliphatic rings. The molecule has 1 nitrogen and oxygen atoms in total. The summed E-state index contributed by atoms with van der Waals surface area (Å²) in [7, 11) is 0. The number of nitrogens with zero attached hydrogens (tertiary/aromatic N) is 1. The van der Waals surface area contributed by atoms with Gasteiger partial charge in [-0.15, -0.1) is 0 Å². The Kier molecular flexibility index (Phi) is 1.72. The quantitative estimate of drug-likeness (QED) is 0.432. The van der Waals surface area contributed by atoms with Gasteiger partial charge in [0.15, 0.2) is 0 Å². The Morgan fingerprint density at radius 3 is 2.45 bits per heavy atom. The Balaban J connectivity index is 2.26. The Labute approximate surface area is 132 Å². The Morgan fingerprint density at radius 1 is 0.850 bits per heavy atom. The zero-order valence-electron chi connectivity index (χ0n) is 15.4. The van der Waals surface area contributed by atoms with E-state index in [9.17, 15) is 0 Å². The number of benzene rings is 3. The van der Waals surface area contributed by atoms with Crippen LogP contribution in [-0.4, -0.2) is 4.57 Å². The van der Waals surface area contributed by atoms with Crippen molar-refractivity contribution in [2.75, 3.05) is 0 Å². The van der Waals surface area contributed by atoms with E-state index in [1.807, 2.05) is 42.5 Å². The first kappa shape index (κ1) is 7.65. The normalized spacial score (nSPS) is 14.8. The van der Waals surface area contributed by atoms with E-state index in [-0.39, 0.29) is 35.9 Å². The summed E-state index contributed by atoms with van der Waals surface area (Å²) >= 11 is 3.48. The predicted octanol–water partition coefficient (Wildman–Crippen LogP) is 5.55. The molecule has 0 saturated carbocycles. The third-order valence-electron chi connectivity index (χ3n) is 3.35. The molecule has 2 heteroatoms. The Hall–Kier alpha value is -2.06. The molecule has 0 unspecified atom stereocenters. The maximum atomic E-state index is 8.30. The summed E-state index contributed by atoms with van der Waals surface area (Å²) in [6.45, 7) is 0. The molecule has 20 heavy (non-hydrogen) atoms. The van der Waals surface area contributed by atoms with Gasteiger partial charge in [-0.2, -0.15) is 0 Å². The molecule has 0 aliphatic heterocycles. The molecule has 96 valence electrons. The van der Waals surface area contributed by atoms with Crippen LogP contribution in [0.5, 0.6) is 0 Å². The van der Waals surface area contributed by atoms with E-state index in [1.54, 1.807) is 4.57 Å². The predicted molar refractivity (Wildman–Crippen MR) is 88.5 cm³/mol. The minimum atomic E-state index is -0.387. The molecular formula is C18H12BrN. The fourth-order valence-corrected chi connectivity index (χ4v) is 2.90. The van der Waals surface area contributed by atoms with Gasteiger partial charge in [-0.1, -0.05) is 52.3 Å². The van der Waals surface area contributed by atoms with Gasteiger partial charge in [-0.25, -0.2) is 0 Å². The number of aromatic nitrogens is 1. The zero-order valence-corrected chi connectivity index (χ0v) is 12.0. The minimum Gasteiger partial charge on any atom is -0.309 e. The van der Waals surface area contributed by atoms with Crippen molar-refractivity contribution in [3.05, 3.63) is 77.1 Å². The van der Waals surface area contributed by atoms with E-state index < -0.39 is 0 Å². The second-order valence-electron chi connectivity index (χ2n) is 4.49. The van der Waals surface area contributed by atoms with Crippen LogP contribution >= 0.6 is 15.9 Å². The third kappa shape index (κ3) is 1.69. The molecule has 0 N–H and O–H groups in total. The minimum absolute atomic E-state index is 0.166. The highest BCUT2D eigenvalue weighted by molar-refractivity contribution is 9.10. The van der Waals surface area contributed by atoms with Crippen molar-refractivity contribution in [3.63, 3.8) is 0 Å². The summed E-state index contributed by atoms with van der Waals surface area (Å²) in [4.78, 5) is 0. The van der Waals surface area contributed by atoms with E-state index in [2.05, 4.69) is 15.9 Å².